The average Bonchev–Trinajstić information content (AvgIpc) is 3.30. The topological polar surface area (TPSA) is 119 Å². The summed E-state index contributed by atoms with van der Waals surface area (Å²) in [5.41, 5.74) is 8.77. The van der Waals surface area contributed by atoms with E-state index < -0.39 is 6.03 Å². The van der Waals surface area contributed by atoms with Crippen molar-refractivity contribution in [1.29, 1.82) is 0 Å². The van der Waals surface area contributed by atoms with Crippen LogP contribution in [0.3, 0.4) is 0 Å². The van der Waals surface area contributed by atoms with Crippen molar-refractivity contribution in [2.45, 2.75) is 13.8 Å². The first-order valence-corrected chi connectivity index (χ1v) is 10.4. The molecule has 0 fully saturated rings. The van der Waals surface area contributed by atoms with Crippen molar-refractivity contribution in [3.05, 3.63) is 40.0 Å². The first kappa shape index (κ1) is 20.8. The molecule has 0 aliphatic carbocycles. The van der Waals surface area contributed by atoms with Gasteiger partial charge in [-0.05, 0) is 31.5 Å². The van der Waals surface area contributed by atoms with E-state index in [1.54, 1.807) is 22.2 Å². The van der Waals surface area contributed by atoms with Gasteiger partial charge in [0, 0.05) is 29.4 Å². The molecule has 0 unspecified atom stereocenters. The third-order valence-electron chi connectivity index (χ3n) is 4.44. The van der Waals surface area contributed by atoms with Gasteiger partial charge < -0.3 is 4.74 Å². The van der Waals surface area contributed by atoms with Gasteiger partial charge >= 0.3 is 6.03 Å². The Labute approximate surface area is 186 Å². The van der Waals surface area contributed by atoms with Gasteiger partial charge in [0.1, 0.15) is 21.8 Å². The van der Waals surface area contributed by atoms with Gasteiger partial charge in [-0.15, -0.1) is 11.3 Å². The number of hydrazine groups is 1. The lowest BCUT2D eigenvalue weighted by Gasteiger charge is -2.09. The molecule has 3 N–H and O–H groups in total. The average molecular weight is 459 g/mol. The maximum Gasteiger partial charge on any atom is 0.339 e. The van der Waals surface area contributed by atoms with Crippen LogP contribution < -0.4 is 20.9 Å². The largest absolute Gasteiger partial charge is 0.481 e. The van der Waals surface area contributed by atoms with Crippen LogP contribution in [0, 0.1) is 13.8 Å². The summed E-state index contributed by atoms with van der Waals surface area (Å²) in [6.07, 6.45) is 0. The number of aryl methyl sites for hydroxylation is 3. The van der Waals surface area contributed by atoms with Crippen LogP contribution >= 0.6 is 22.9 Å². The van der Waals surface area contributed by atoms with Crippen molar-refractivity contribution in [1.82, 2.24) is 30.2 Å². The second kappa shape index (κ2) is 8.36. The Hall–Kier alpha value is -3.44. The van der Waals surface area contributed by atoms with Crippen LogP contribution in [0.25, 0.3) is 21.6 Å². The second-order valence-corrected chi connectivity index (χ2v) is 7.94. The Morgan fingerprint density at radius 3 is 2.74 bits per heavy atom. The van der Waals surface area contributed by atoms with Gasteiger partial charge in [0.15, 0.2) is 5.65 Å². The Kier molecular flexibility index (Phi) is 5.61. The Bertz CT molecular complexity index is 1290. The fourth-order valence-corrected chi connectivity index (χ4v) is 4.10. The Morgan fingerprint density at radius 2 is 1.97 bits per heavy atom. The zero-order valence-electron chi connectivity index (χ0n) is 17.1. The molecule has 4 rings (SSSR count). The zero-order chi connectivity index (χ0) is 22.1. The summed E-state index contributed by atoms with van der Waals surface area (Å²) in [7, 11) is 3.34. The van der Waals surface area contributed by atoms with E-state index in [1.165, 1.54) is 18.4 Å². The number of aromatic nitrogens is 5. The molecule has 4 aromatic heterocycles. The number of hydrogen-bond donors (Lipinski definition) is 3. The molecule has 0 saturated heterocycles. The Balaban J connectivity index is 1.43. The van der Waals surface area contributed by atoms with E-state index in [9.17, 15) is 4.79 Å². The summed E-state index contributed by atoms with van der Waals surface area (Å²) in [5.74, 6) is 1.28. The van der Waals surface area contributed by atoms with Gasteiger partial charge in [0.25, 0.3) is 0 Å². The number of rotatable bonds is 5. The molecular formula is C19H19ClN8O2S. The summed E-state index contributed by atoms with van der Waals surface area (Å²) in [4.78, 5) is 25.2. The van der Waals surface area contributed by atoms with Crippen LogP contribution in [0.15, 0.2) is 23.6 Å². The fraction of sp³-hybridized carbons (Fsp3) is 0.211. The van der Waals surface area contributed by atoms with Crippen molar-refractivity contribution in [3.8, 4) is 16.5 Å². The molecule has 4 aromatic rings. The number of carbonyl (C=O) groups is 1. The van der Waals surface area contributed by atoms with Crippen LogP contribution in [0.2, 0.25) is 5.15 Å². The first-order chi connectivity index (χ1) is 14.8. The Morgan fingerprint density at radius 1 is 1.16 bits per heavy atom. The minimum Gasteiger partial charge on any atom is -0.481 e. The van der Waals surface area contributed by atoms with Gasteiger partial charge in [-0.2, -0.15) is 5.10 Å². The minimum absolute atomic E-state index is 0.296. The number of ether oxygens (including phenoxy) is 1. The smallest absolute Gasteiger partial charge is 0.339 e. The summed E-state index contributed by atoms with van der Waals surface area (Å²) in [5, 5.41) is 10.7. The van der Waals surface area contributed by atoms with E-state index in [0.717, 1.165) is 27.9 Å². The lowest BCUT2D eigenvalue weighted by atomic mass is 10.1. The highest BCUT2D eigenvalue weighted by Crippen LogP contribution is 2.30. The number of halogens is 1. The van der Waals surface area contributed by atoms with Gasteiger partial charge in [-0.3, -0.25) is 15.4 Å². The standard InChI is InChI=1S/C19H19ClN8O2S/c1-9-5-13(22-17-16(9)10(2)27-28(17)3)25-26-19(29)24-14-8-31-18(23-14)11-6-12(20)21-15(7-11)30-4/h5-8H,1-4H3,(H,22,25)(H2,24,26,29). The number of methoxy groups -OCH3 is 1. The number of pyridine rings is 2. The summed E-state index contributed by atoms with van der Waals surface area (Å²) in [6, 6.07) is 4.76. The highest BCUT2D eigenvalue weighted by molar-refractivity contribution is 7.13. The molecule has 0 radical (unpaired) electrons. The highest BCUT2D eigenvalue weighted by atomic mass is 35.5. The van der Waals surface area contributed by atoms with Crippen molar-refractivity contribution < 1.29 is 9.53 Å². The van der Waals surface area contributed by atoms with Crippen LogP contribution in [-0.4, -0.2) is 37.9 Å². The minimum atomic E-state index is -0.483. The predicted octanol–water partition coefficient (Wildman–Crippen LogP) is 3.91. The number of nitrogens with zero attached hydrogens (tertiary/aromatic N) is 5. The lowest BCUT2D eigenvalue weighted by molar-refractivity contribution is 0.253. The molecular weight excluding hydrogens is 440 g/mol. The second-order valence-electron chi connectivity index (χ2n) is 6.69. The number of nitrogens with one attached hydrogen (secondary N) is 3. The molecule has 12 heteroatoms. The zero-order valence-corrected chi connectivity index (χ0v) is 18.7. The normalized spacial score (nSPS) is 10.9. The maximum absolute atomic E-state index is 12.3. The lowest BCUT2D eigenvalue weighted by Crippen LogP contribution is -2.34. The van der Waals surface area contributed by atoms with E-state index in [0.29, 0.717) is 27.7 Å². The number of fused-ring (bicyclic) bond motifs is 1. The molecule has 31 heavy (non-hydrogen) atoms. The van der Waals surface area contributed by atoms with Crippen LogP contribution in [-0.2, 0) is 7.05 Å². The molecule has 0 aliphatic rings. The number of carbonyl (C=O) groups excluding carboxylic acids is 1. The molecule has 0 aromatic carbocycles. The number of anilines is 2. The van der Waals surface area contributed by atoms with Crippen LogP contribution in [0.1, 0.15) is 11.3 Å². The monoisotopic (exact) mass is 458 g/mol. The number of amides is 2. The highest BCUT2D eigenvalue weighted by Gasteiger charge is 2.13. The number of urea groups is 1. The quantitative estimate of drug-likeness (QED) is 0.306. The van der Waals surface area contributed by atoms with Gasteiger partial charge in [0.05, 0.1) is 12.8 Å². The van der Waals surface area contributed by atoms with Gasteiger partial charge in [-0.25, -0.2) is 25.2 Å². The fourth-order valence-electron chi connectivity index (χ4n) is 3.16. The molecule has 160 valence electrons. The molecule has 2 amide bonds. The molecule has 0 saturated carbocycles. The SMILES string of the molecule is COc1cc(-c2nc(NC(=O)NNc3cc(C)c4c(C)nn(C)c4n3)cs2)cc(Cl)n1. The maximum atomic E-state index is 12.3. The van der Waals surface area contributed by atoms with E-state index in [4.69, 9.17) is 16.3 Å². The molecule has 4 heterocycles. The number of thiazole rings is 1. The molecule has 10 nitrogen and oxygen atoms in total. The molecule has 0 aliphatic heterocycles. The third-order valence-corrected chi connectivity index (χ3v) is 5.53. The van der Waals surface area contributed by atoms with Crippen LogP contribution in [0.5, 0.6) is 5.88 Å². The van der Waals surface area contributed by atoms with E-state index in [-0.39, 0.29) is 0 Å². The van der Waals surface area contributed by atoms with Crippen LogP contribution in [0.4, 0.5) is 16.4 Å². The van der Waals surface area contributed by atoms with Crippen molar-refractivity contribution >= 4 is 51.6 Å². The first-order valence-electron chi connectivity index (χ1n) is 9.15. The molecule has 0 bridgehead atoms. The van der Waals surface area contributed by atoms with Crippen molar-refractivity contribution in [3.63, 3.8) is 0 Å². The summed E-state index contributed by atoms with van der Waals surface area (Å²) < 4.78 is 6.84. The van der Waals surface area contributed by atoms with Gasteiger partial charge in [-0.1, -0.05) is 11.6 Å². The van der Waals surface area contributed by atoms with E-state index >= 15 is 0 Å². The van der Waals surface area contributed by atoms with E-state index in [2.05, 4.69) is 36.2 Å². The van der Waals surface area contributed by atoms with Crippen molar-refractivity contribution in [2.24, 2.45) is 7.05 Å². The van der Waals surface area contributed by atoms with Crippen molar-refractivity contribution in [2.75, 3.05) is 17.9 Å². The number of hydrogen-bond acceptors (Lipinski definition) is 8. The molecule has 0 spiro atoms. The predicted molar refractivity (Wildman–Crippen MR) is 121 cm³/mol. The third kappa shape index (κ3) is 4.37. The van der Waals surface area contributed by atoms with E-state index in [1.807, 2.05) is 27.0 Å². The molecule has 0 atom stereocenters. The summed E-state index contributed by atoms with van der Waals surface area (Å²) >= 11 is 7.37. The van der Waals surface area contributed by atoms with Gasteiger partial charge in [0.2, 0.25) is 5.88 Å². The summed E-state index contributed by atoms with van der Waals surface area (Å²) in [6.45, 7) is 3.91.